The van der Waals surface area contributed by atoms with E-state index in [1.54, 1.807) is 12.1 Å². The van der Waals surface area contributed by atoms with Crippen LogP contribution in [0.25, 0.3) is 0 Å². The van der Waals surface area contributed by atoms with Crippen LogP contribution in [0.1, 0.15) is 83.3 Å². The van der Waals surface area contributed by atoms with E-state index < -0.39 is 5.79 Å². The van der Waals surface area contributed by atoms with Gasteiger partial charge in [-0.05, 0) is 104 Å². The molecule has 4 heteroatoms. The Balaban J connectivity index is 1.22. The molecule has 0 aliphatic heterocycles. The third-order valence-corrected chi connectivity index (χ3v) is 12.0. The number of ketones is 1. The Morgan fingerprint density at radius 2 is 1.64 bits per heavy atom. The second-order valence-electron chi connectivity index (χ2n) is 13.6. The van der Waals surface area contributed by atoms with Crippen LogP contribution in [-0.2, 0) is 22.6 Å². The Kier molecular flexibility index (Phi) is 6.59. The number of aliphatic hydroxyl groups is 1. The molecule has 7 atom stereocenters. The first-order valence-electron chi connectivity index (χ1n) is 15.0. The molecular weight excluding hydrogens is 484 g/mol. The maximum Gasteiger partial charge on any atom is 0.169 e. The monoisotopic (exact) mass is 528 g/mol. The first-order valence-corrected chi connectivity index (χ1v) is 15.0. The van der Waals surface area contributed by atoms with Crippen molar-refractivity contribution in [3.8, 4) is 5.75 Å². The number of rotatable bonds is 6. The SMILES string of the molecule is CC(=O)[C@]1(Cc2ccccc2)CCC2C3CC=C4C[C@@](O)(OCc5ccc(O)cc5)CC[C@]4(C)C3CC[C@@]21C. The summed E-state index contributed by atoms with van der Waals surface area (Å²) in [6, 6.07) is 17.6. The number of benzene rings is 2. The first-order chi connectivity index (χ1) is 18.6. The molecule has 2 aromatic carbocycles. The third kappa shape index (κ3) is 4.30. The Morgan fingerprint density at radius 3 is 2.36 bits per heavy atom. The Labute approximate surface area is 233 Å². The van der Waals surface area contributed by atoms with Crippen molar-refractivity contribution >= 4 is 5.78 Å². The van der Waals surface area contributed by atoms with Crippen LogP contribution >= 0.6 is 0 Å². The fourth-order valence-corrected chi connectivity index (χ4v) is 9.62. The number of phenolic OH excluding ortho intramolecular Hbond substituents is 1. The van der Waals surface area contributed by atoms with E-state index in [9.17, 15) is 15.0 Å². The van der Waals surface area contributed by atoms with Crippen LogP contribution in [0.15, 0.2) is 66.2 Å². The van der Waals surface area contributed by atoms with Gasteiger partial charge in [-0.15, -0.1) is 0 Å². The molecule has 39 heavy (non-hydrogen) atoms. The maximum atomic E-state index is 13.5. The first kappa shape index (κ1) is 26.8. The van der Waals surface area contributed by atoms with E-state index in [1.807, 2.05) is 19.1 Å². The topological polar surface area (TPSA) is 66.8 Å². The van der Waals surface area contributed by atoms with Crippen LogP contribution in [0.5, 0.6) is 5.75 Å². The smallest absolute Gasteiger partial charge is 0.169 e. The summed E-state index contributed by atoms with van der Waals surface area (Å²) in [7, 11) is 0. The van der Waals surface area contributed by atoms with Gasteiger partial charge in [0.05, 0.1) is 6.61 Å². The summed E-state index contributed by atoms with van der Waals surface area (Å²) in [4.78, 5) is 13.5. The number of carbonyl (C=O) groups is 1. The number of hydrogen-bond acceptors (Lipinski definition) is 4. The Hall–Kier alpha value is -2.43. The normalized spacial score (nSPS) is 39.3. The molecule has 0 amide bonds. The molecule has 0 spiro atoms. The predicted octanol–water partition coefficient (Wildman–Crippen LogP) is 7.38. The molecule has 0 aromatic heterocycles. The zero-order valence-electron chi connectivity index (χ0n) is 23.8. The number of carbonyl (C=O) groups excluding carboxylic acids is 1. The molecule has 4 aliphatic rings. The lowest BCUT2D eigenvalue weighted by Crippen LogP contribution is -2.55. The number of allylic oxidation sites excluding steroid dienone is 1. The summed E-state index contributed by atoms with van der Waals surface area (Å²) in [5.41, 5.74) is 3.44. The van der Waals surface area contributed by atoms with Gasteiger partial charge < -0.3 is 14.9 Å². The maximum absolute atomic E-state index is 13.5. The van der Waals surface area contributed by atoms with Crippen molar-refractivity contribution in [1.82, 2.24) is 0 Å². The van der Waals surface area contributed by atoms with Crippen molar-refractivity contribution in [3.63, 3.8) is 0 Å². The minimum absolute atomic E-state index is 0.0280. The van der Waals surface area contributed by atoms with Gasteiger partial charge in [-0.25, -0.2) is 0 Å². The fourth-order valence-electron chi connectivity index (χ4n) is 9.62. The summed E-state index contributed by atoms with van der Waals surface area (Å²) in [5.74, 6) is 1.22. The van der Waals surface area contributed by atoms with Crippen molar-refractivity contribution in [2.45, 2.75) is 91.0 Å². The van der Waals surface area contributed by atoms with Crippen molar-refractivity contribution < 1.29 is 19.7 Å². The van der Waals surface area contributed by atoms with E-state index >= 15 is 0 Å². The number of ether oxygens (including phenoxy) is 1. The molecule has 208 valence electrons. The third-order valence-electron chi connectivity index (χ3n) is 12.0. The van der Waals surface area contributed by atoms with Crippen LogP contribution in [0.2, 0.25) is 0 Å². The van der Waals surface area contributed by atoms with Gasteiger partial charge in [-0.1, -0.05) is 68.0 Å². The highest BCUT2D eigenvalue weighted by Gasteiger charge is 2.65. The average Bonchev–Trinajstić information content (AvgIpc) is 3.23. The summed E-state index contributed by atoms with van der Waals surface area (Å²) in [5, 5.41) is 21.0. The molecule has 0 heterocycles. The molecule has 0 bridgehead atoms. The van der Waals surface area contributed by atoms with Crippen molar-refractivity contribution in [3.05, 3.63) is 77.4 Å². The van der Waals surface area contributed by atoms with E-state index in [0.29, 0.717) is 43.0 Å². The lowest BCUT2D eigenvalue weighted by Gasteiger charge is -2.60. The van der Waals surface area contributed by atoms with Gasteiger partial charge in [0.15, 0.2) is 5.79 Å². The molecule has 3 unspecified atom stereocenters. The highest BCUT2D eigenvalue weighted by Crippen LogP contribution is 2.70. The number of Topliss-reactive ketones (excluding diaryl/α,β-unsaturated/α-hetero) is 1. The van der Waals surface area contributed by atoms with E-state index in [0.717, 1.165) is 50.5 Å². The molecular formula is C35H44O4. The Morgan fingerprint density at radius 1 is 0.923 bits per heavy atom. The quantitative estimate of drug-likeness (QED) is 0.303. The second-order valence-corrected chi connectivity index (χ2v) is 13.6. The van der Waals surface area contributed by atoms with Crippen molar-refractivity contribution in [2.24, 2.45) is 34.0 Å². The molecule has 3 fully saturated rings. The summed E-state index contributed by atoms with van der Waals surface area (Å²) >= 11 is 0. The summed E-state index contributed by atoms with van der Waals surface area (Å²) in [6.45, 7) is 7.07. The van der Waals surface area contributed by atoms with E-state index in [4.69, 9.17) is 4.74 Å². The van der Waals surface area contributed by atoms with E-state index in [2.05, 4.69) is 50.3 Å². The molecule has 6 rings (SSSR count). The van der Waals surface area contributed by atoms with E-state index in [1.165, 1.54) is 11.1 Å². The lowest BCUT2D eigenvalue weighted by molar-refractivity contribution is -0.231. The van der Waals surface area contributed by atoms with Gasteiger partial charge >= 0.3 is 0 Å². The largest absolute Gasteiger partial charge is 0.508 e. The van der Waals surface area contributed by atoms with Gasteiger partial charge in [-0.2, -0.15) is 0 Å². The predicted molar refractivity (Wildman–Crippen MR) is 153 cm³/mol. The Bertz CT molecular complexity index is 1250. The molecule has 2 N–H and O–H groups in total. The van der Waals surface area contributed by atoms with Gasteiger partial charge in [-0.3, -0.25) is 4.79 Å². The number of aromatic hydroxyl groups is 1. The van der Waals surface area contributed by atoms with Gasteiger partial charge in [0.1, 0.15) is 11.5 Å². The number of fused-ring (bicyclic) bond motifs is 5. The second kappa shape index (κ2) is 9.59. The van der Waals surface area contributed by atoms with Gasteiger partial charge in [0, 0.05) is 18.3 Å². The zero-order chi connectivity index (χ0) is 27.5. The molecule has 3 saturated carbocycles. The van der Waals surface area contributed by atoms with Gasteiger partial charge in [0.2, 0.25) is 0 Å². The molecule has 4 nitrogen and oxygen atoms in total. The number of hydrogen-bond donors (Lipinski definition) is 2. The summed E-state index contributed by atoms with van der Waals surface area (Å²) in [6.07, 6.45) is 10.9. The average molecular weight is 529 g/mol. The number of phenols is 1. The van der Waals surface area contributed by atoms with Gasteiger partial charge in [0.25, 0.3) is 0 Å². The van der Waals surface area contributed by atoms with Crippen LogP contribution in [0, 0.1) is 34.0 Å². The zero-order valence-corrected chi connectivity index (χ0v) is 23.8. The van der Waals surface area contributed by atoms with Crippen LogP contribution < -0.4 is 0 Å². The fraction of sp³-hybridized carbons (Fsp3) is 0.571. The van der Waals surface area contributed by atoms with Crippen LogP contribution in [0.3, 0.4) is 0 Å². The van der Waals surface area contributed by atoms with E-state index in [-0.39, 0.29) is 22.0 Å². The molecule has 0 saturated heterocycles. The summed E-state index contributed by atoms with van der Waals surface area (Å²) < 4.78 is 6.12. The van der Waals surface area contributed by atoms with Crippen molar-refractivity contribution in [1.29, 1.82) is 0 Å². The lowest BCUT2D eigenvalue weighted by atomic mass is 9.44. The van der Waals surface area contributed by atoms with Crippen LogP contribution in [0.4, 0.5) is 0 Å². The molecule has 0 radical (unpaired) electrons. The minimum Gasteiger partial charge on any atom is -0.508 e. The standard InChI is InChI=1S/C35H44O4/c1-24(36)34(21-25-7-5-4-6-8-25)18-16-31-29-14-11-27-22-35(38,39-23-26-9-12-28(37)13-10-26)20-19-32(27,2)30(29)15-17-33(31,34)3/h4-13,29-31,37-38H,14-23H2,1-3H3/t29?,30?,31?,32-,33-,34+,35-/m0/s1. The van der Waals surface area contributed by atoms with Crippen LogP contribution in [-0.4, -0.2) is 21.8 Å². The highest BCUT2D eigenvalue weighted by molar-refractivity contribution is 5.84. The molecule has 2 aromatic rings. The molecule has 4 aliphatic carbocycles. The van der Waals surface area contributed by atoms with Crippen molar-refractivity contribution in [2.75, 3.05) is 0 Å². The minimum atomic E-state index is -1.15. The highest BCUT2D eigenvalue weighted by atomic mass is 16.6.